The molecule has 0 aliphatic heterocycles. The number of rotatable bonds is 5. The van der Waals surface area contributed by atoms with Crippen molar-refractivity contribution in [3.05, 3.63) is 59.2 Å². The number of ether oxygens (including phenoxy) is 1. The van der Waals surface area contributed by atoms with Gasteiger partial charge in [0, 0.05) is 25.0 Å². The summed E-state index contributed by atoms with van der Waals surface area (Å²) in [5.74, 6) is -0.867. The lowest BCUT2D eigenvalue weighted by Crippen LogP contribution is -2.37. The highest BCUT2D eigenvalue weighted by molar-refractivity contribution is 5.89. The maximum absolute atomic E-state index is 12.5. The van der Waals surface area contributed by atoms with E-state index in [1.807, 2.05) is 50.2 Å². The Hall–Kier alpha value is -3.29. The fraction of sp³-hybridized carbons (Fsp3) is 0.316. The Morgan fingerprint density at radius 1 is 1.19 bits per heavy atom. The molecule has 27 heavy (non-hydrogen) atoms. The maximum Gasteiger partial charge on any atom is 0.379 e. The van der Waals surface area contributed by atoms with E-state index in [-0.39, 0.29) is 11.7 Å². The van der Waals surface area contributed by atoms with E-state index in [0.717, 1.165) is 17.0 Å². The third-order valence-electron chi connectivity index (χ3n) is 4.07. The van der Waals surface area contributed by atoms with Gasteiger partial charge in [-0.3, -0.25) is 4.79 Å². The van der Waals surface area contributed by atoms with E-state index in [1.54, 1.807) is 7.05 Å². The first-order valence-electron chi connectivity index (χ1n) is 8.56. The standard InChI is InChI=1S/C19H21N5O3/c1-12-10-13(2)24-19(20-12)21-16(22-24)18(26)27-14(3)17(25)23(4)11-15-8-6-5-7-9-15/h5-10,14H,11H2,1-4H3/t14-/m1/s1. The molecule has 0 bridgehead atoms. The van der Waals surface area contributed by atoms with Crippen LogP contribution < -0.4 is 0 Å². The van der Waals surface area contributed by atoms with Crippen LogP contribution in [0.1, 0.15) is 34.5 Å². The molecule has 0 saturated heterocycles. The van der Waals surface area contributed by atoms with Gasteiger partial charge in [-0.2, -0.15) is 4.98 Å². The highest BCUT2D eigenvalue weighted by Crippen LogP contribution is 2.09. The molecule has 0 unspecified atom stereocenters. The van der Waals surface area contributed by atoms with E-state index in [4.69, 9.17) is 4.74 Å². The van der Waals surface area contributed by atoms with Gasteiger partial charge in [0.05, 0.1) is 0 Å². The minimum absolute atomic E-state index is 0.124. The Bertz CT molecular complexity index is 984. The number of likely N-dealkylation sites (N-methyl/N-ethyl adjacent to an activating group) is 1. The summed E-state index contributed by atoms with van der Waals surface area (Å²) in [6.45, 7) is 5.64. The molecule has 2 heterocycles. The first-order valence-corrected chi connectivity index (χ1v) is 8.56. The molecule has 1 amide bonds. The number of amides is 1. The minimum atomic E-state index is -0.950. The average Bonchev–Trinajstić information content (AvgIpc) is 3.06. The van der Waals surface area contributed by atoms with E-state index in [2.05, 4.69) is 15.1 Å². The highest BCUT2D eigenvalue weighted by Gasteiger charge is 2.25. The Kier molecular flexibility index (Phi) is 5.16. The van der Waals surface area contributed by atoms with Crippen LogP contribution in [-0.4, -0.2) is 49.5 Å². The van der Waals surface area contributed by atoms with Crippen LogP contribution in [0, 0.1) is 13.8 Å². The topological polar surface area (TPSA) is 89.7 Å². The second-order valence-corrected chi connectivity index (χ2v) is 6.41. The van der Waals surface area contributed by atoms with Gasteiger partial charge in [0.2, 0.25) is 0 Å². The molecule has 0 radical (unpaired) electrons. The summed E-state index contributed by atoms with van der Waals surface area (Å²) in [5, 5.41) is 4.12. The maximum atomic E-state index is 12.5. The van der Waals surface area contributed by atoms with Gasteiger partial charge in [-0.1, -0.05) is 30.3 Å². The molecule has 0 aliphatic carbocycles. The first kappa shape index (κ1) is 18.5. The van der Waals surface area contributed by atoms with Gasteiger partial charge in [-0.25, -0.2) is 14.3 Å². The summed E-state index contributed by atoms with van der Waals surface area (Å²) in [6, 6.07) is 11.4. The summed E-state index contributed by atoms with van der Waals surface area (Å²) < 4.78 is 6.73. The van der Waals surface area contributed by atoms with Gasteiger partial charge in [-0.05, 0) is 32.4 Å². The molecule has 0 fully saturated rings. The number of carbonyl (C=O) groups is 2. The van der Waals surface area contributed by atoms with E-state index in [0.29, 0.717) is 12.3 Å². The smallest absolute Gasteiger partial charge is 0.379 e. The zero-order chi connectivity index (χ0) is 19.6. The number of aryl methyl sites for hydroxylation is 2. The quantitative estimate of drug-likeness (QED) is 0.640. The molecular weight excluding hydrogens is 346 g/mol. The van der Waals surface area contributed by atoms with Gasteiger partial charge < -0.3 is 9.64 Å². The molecule has 1 atom stereocenters. The van der Waals surface area contributed by atoms with Crippen LogP contribution in [-0.2, 0) is 16.1 Å². The van der Waals surface area contributed by atoms with Crippen LogP contribution in [0.4, 0.5) is 0 Å². The lowest BCUT2D eigenvalue weighted by Gasteiger charge is -2.21. The number of fused-ring (bicyclic) bond motifs is 1. The van der Waals surface area contributed by atoms with Crippen LogP contribution in [0.25, 0.3) is 5.78 Å². The summed E-state index contributed by atoms with van der Waals surface area (Å²) >= 11 is 0. The number of hydrogen-bond donors (Lipinski definition) is 0. The van der Waals surface area contributed by atoms with Crippen molar-refractivity contribution >= 4 is 17.7 Å². The molecule has 140 valence electrons. The van der Waals surface area contributed by atoms with Crippen LogP contribution >= 0.6 is 0 Å². The molecular formula is C19H21N5O3. The number of nitrogens with zero attached hydrogens (tertiary/aromatic N) is 5. The zero-order valence-electron chi connectivity index (χ0n) is 15.7. The van der Waals surface area contributed by atoms with Gasteiger partial charge in [0.1, 0.15) is 0 Å². The van der Waals surface area contributed by atoms with Crippen molar-refractivity contribution < 1.29 is 14.3 Å². The van der Waals surface area contributed by atoms with Gasteiger partial charge >= 0.3 is 5.97 Å². The molecule has 0 saturated carbocycles. The van der Waals surface area contributed by atoms with Gasteiger partial charge in [0.25, 0.3) is 17.5 Å². The van der Waals surface area contributed by atoms with E-state index in [9.17, 15) is 9.59 Å². The Balaban J connectivity index is 1.68. The lowest BCUT2D eigenvalue weighted by molar-refractivity contribution is -0.139. The van der Waals surface area contributed by atoms with Crippen molar-refractivity contribution in [1.82, 2.24) is 24.5 Å². The number of carbonyl (C=O) groups excluding carboxylic acids is 2. The zero-order valence-corrected chi connectivity index (χ0v) is 15.7. The summed E-state index contributed by atoms with van der Waals surface area (Å²) in [7, 11) is 1.67. The molecule has 3 aromatic rings. The minimum Gasteiger partial charge on any atom is -0.447 e. The lowest BCUT2D eigenvalue weighted by atomic mass is 10.2. The second kappa shape index (κ2) is 7.53. The molecule has 3 rings (SSSR count). The van der Waals surface area contributed by atoms with Crippen molar-refractivity contribution in [2.45, 2.75) is 33.4 Å². The fourth-order valence-corrected chi connectivity index (χ4v) is 2.76. The molecule has 1 aromatic carbocycles. The van der Waals surface area contributed by atoms with Crippen molar-refractivity contribution in [3.8, 4) is 0 Å². The molecule has 0 aliphatic rings. The third-order valence-corrected chi connectivity index (χ3v) is 4.07. The molecule has 0 N–H and O–H groups in total. The normalized spacial score (nSPS) is 12.0. The number of benzene rings is 1. The largest absolute Gasteiger partial charge is 0.447 e. The van der Waals surface area contributed by atoms with Crippen LogP contribution in [0.5, 0.6) is 0 Å². The van der Waals surface area contributed by atoms with E-state index >= 15 is 0 Å². The molecule has 0 spiro atoms. The van der Waals surface area contributed by atoms with Crippen molar-refractivity contribution in [2.24, 2.45) is 0 Å². The Labute approximate surface area is 156 Å². The van der Waals surface area contributed by atoms with Crippen molar-refractivity contribution in [1.29, 1.82) is 0 Å². The average molecular weight is 367 g/mol. The van der Waals surface area contributed by atoms with Crippen molar-refractivity contribution in [2.75, 3.05) is 7.05 Å². The number of esters is 1. The predicted molar refractivity (Wildman–Crippen MR) is 98.0 cm³/mol. The molecule has 2 aromatic heterocycles. The summed E-state index contributed by atoms with van der Waals surface area (Å²) in [6.07, 6.45) is -0.950. The van der Waals surface area contributed by atoms with E-state index < -0.39 is 12.1 Å². The first-order chi connectivity index (χ1) is 12.8. The van der Waals surface area contributed by atoms with Crippen LogP contribution in [0.15, 0.2) is 36.4 Å². The molecule has 8 nitrogen and oxygen atoms in total. The fourth-order valence-electron chi connectivity index (χ4n) is 2.76. The van der Waals surface area contributed by atoms with Crippen LogP contribution in [0.2, 0.25) is 0 Å². The van der Waals surface area contributed by atoms with Crippen molar-refractivity contribution in [3.63, 3.8) is 0 Å². The Morgan fingerprint density at radius 2 is 1.89 bits per heavy atom. The number of aromatic nitrogens is 4. The predicted octanol–water partition coefficient (Wildman–Crippen LogP) is 1.95. The van der Waals surface area contributed by atoms with Crippen LogP contribution in [0.3, 0.4) is 0 Å². The third kappa shape index (κ3) is 4.11. The highest BCUT2D eigenvalue weighted by atomic mass is 16.5. The number of hydrogen-bond acceptors (Lipinski definition) is 6. The Morgan fingerprint density at radius 3 is 2.59 bits per heavy atom. The SMILES string of the molecule is Cc1cc(C)n2nc(C(=O)O[C@H](C)C(=O)N(C)Cc3ccccc3)nc2n1. The van der Waals surface area contributed by atoms with Gasteiger partial charge in [0.15, 0.2) is 6.10 Å². The molecule has 8 heteroatoms. The monoisotopic (exact) mass is 367 g/mol. The van der Waals surface area contributed by atoms with Gasteiger partial charge in [-0.15, -0.1) is 5.10 Å². The summed E-state index contributed by atoms with van der Waals surface area (Å²) in [4.78, 5) is 34.7. The second-order valence-electron chi connectivity index (χ2n) is 6.41. The summed E-state index contributed by atoms with van der Waals surface area (Å²) in [5.41, 5.74) is 2.57. The van der Waals surface area contributed by atoms with E-state index in [1.165, 1.54) is 16.3 Å².